The summed E-state index contributed by atoms with van der Waals surface area (Å²) in [5, 5.41) is 0. The predicted molar refractivity (Wildman–Crippen MR) is 86.6 cm³/mol. The van der Waals surface area contributed by atoms with Crippen LogP contribution >= 0.6 is 0 Å². The number of rotatable bonds is 2. The zero-order valence-corrected chi connectivity index (χ0v) is 12.7. The summed E-state index contributed by atoms with van der Waals surface area (Å²) in [5.41, 5.74) is 2.41. The fraction of sp³-hybridized carbons (Fsp3) is 0.222. The first-order chi connectivity index (χ1) is 10.7. The Bertz CT molecular complexity index is 710. The molecule has 4 heteroatoms. The van der Waals surface area contributed by atoms with Gasteiger partial charge in [0.05, 0.1) is 18.4 Å². The second-order valence-corrected chi connectivity index (χ2v) is 5.29. The summed E-state index contributed by atoms with van der Waals surface area (Å²) < 4.78 is 5.49. The molecule has 2 aromatic rings. The van der Waals surface area contributed by atoms with Crippen molar-refractivity contribution in [2.24, 2.45) is 4.99 Å². The van der Waals surface area contributed by atoms with E-state index in [1.54, 1.807) is 25.1 Å². The predicted octanol–water partition coefficient (Wildman–Crippen LogP) is 3.06. The van der Waals surface area contributed by atoms with E-state index < -0.39 is 0 Å². The fourth-order valence-electron chi connectivity index (χ4n) is 2.69. The lowest BCUT2D eigenvalue weighted by Crippen LogP contribution is -2.43. The summed E-state index contributed by atoms with van der Waals surface area (Å²) in [6.07, 6.45) is 0.670. The van der Waals surface area contributed by atoms with Crippen LogP contribution in [0.2, 0.25) is 0 Å². The number of carbonyl (C=O) groups is 1. The molecule has 1 atom stereocenters. The van der Waals surface area contributed by atoms with Crippen LogP contribution in [-0.4, -0.2) is 36.9 Å². The number of nitrogens with zero attached hydrogens (tertiary/aromatic N) is 2. The van der Waals surface area contributed by atoms with E-state index in [4.69, 9.17) is 4.74 Å². The summed E-state index contributed by atoms with van der Waals surface area (Å²) in [5.74, 6) is 0.525. The molecule has 0 saturated heterocycles. The lowest BCUT2D eigenvalue weighted by atomic mass is 10.0. The van der Waals surface area contributed by atoms with Crippen molar-refractivity contribution >= 4 is 17.5 Å². The molecule has 0 N–H and O–H groups in total. The van der Waals surface area contributed by atoms with Crippen LogP contribution in [0, 0.1) is 0 Å². The molecule has 0 saturated carbocycles. The SMILES string of the molecule is COC1=Nc2ccccc2C(=O)N(C)[C@H]1Cc1ccccc1. The van der Waals surface area contributed by atoms with Crippen molar-refractivity contribution < 1.29 is 9.53 Å². The molecule has 0 aromatic heterocycles. The molecule has 0 spiro atoms. The fourth-order valence-corrected chi connectivity index (χ4v) is 2.69. The Morgan fingerprint density at radius 1 is 1.09 bits per heavy atom. The van der Waals surface area contributed by atoms with Gasteiger partial charge in [-0.25, -0.2) is 4.99 Å². The normalized spacial score (nSPS) is 17.5. The molecule has 1 aliphatic heterocycles. The molecular formula is C18H18N2O2. The molecule has 2 aromatic carbocycles. The van der Waals surface area contributed by atoms with Crippen molar-refractivity contribution in [1.82, 2.24) is 4.90 Å². The van der Waals surface area contributed by atoms with Crippen molar-refractivity contribution in [1.29, 1.82) is 0 Å². The number of fused-ring (bicyclic) bond motifs is 1. The molecular weight excluding hydrogens is 276 g/mol. The van der Waals surface area contributed by atoms with E-state index in [1.165, 1.54) is 0 Å². The molecule has 0 radical (unpaired) electrons. The van der Waals surface area contributed by atoms with Crippen LogP contribution in [0.5, 0.6) is 0 Å². The van der Waals surface area contributed by atoms with Crippen LogP contribution in [0.15, 0.2) is 59.6 Å². The highest BCUT2D eigenvalue weighted by molar-refractivity contribution is 6.04. The molecule has 0 unspecified atom stereocenters. The average molecular weight is 294 g/mol. The molecule has 112 valence electrons. The van der Waals surface area contributed by atoms with E-state index in [2.05, 4.69) is 4.99 Å². The van der Waals surface area contributed by atoms with Gasteiger partial charge in [-0.2, -0.15) is 0 Å². The Morgan fingerprint density at radius 3 is 2.50 bits per heavy atom. The summed E-state index contributed by atoms with van der Waals surface area (Å²) >= 11 is 0. The van der Waals surface area contributed by atoms with Gasteiger partial charge >= 0.3 is 0 Å². The van der Waals surface area contributed by atoms with Gasteiger partial charge in [0.15, 0.2) is 0 Å². The average Bonchev–Trinajstić information content (AvgIpc) is 2.66. The summed E-state index contributed by atoms with van der Waals surface area (Å²) in [7, 11) is 3.40. The van der Waals surface area contributed by atoms with E-state index in [0.29, 0.717) is 23.6 Å². The Kier molecular flexibility index (Phi) is 3.92. The number of ether oxygens (including phenoxy) is 1. The number of methoxy groups -OCH3 is 1. The minimum absolute atomic E-state index is 0.0349. The minimum Gasteiger partial charge on any atom is -0.483 e. The quantitative estimate of drug-likeness (QED) is 0.854. The lowest BCUT2D eigenvalue weighted by molar-refractivity contribution is 0.0762. The van der Waals surface area contributed by atoms with Gasteiger partial charge in [0.1, 0.15) is 6.04 Å². The standard InChI is InChI=1S/C18H18N2O2/c1-20-16(12-13-8-4-3-5-9-13)17(22-2)19-15-11-7-6-10-14(15)18(20)21/h3-11,16H,12H2,1-2H3/t16-/m0/s1. The van der Waals surface area contributed by atoms with Crippen molar-refractivity contribution in [2.45, 2.75) is 12.5 Å². The van der Waals surface area contributed by atoms with Gasteiger partial charge < -0.3 is 9.64 Å². The first-order valence-electron chi connectivity index (χ1n) is 7.23. The highest BCUT2D eigenvalue weighted by atomic mass is 16.5. The van der Waals surface area contributed by atoms with Crippen LogP contribution < -0.4 is 0 Å². The molecule has 1 amide bonds. The van der Waals surface area contributed by atoms with Crippen LogP contribution in [-0.2, 0) is 11.2 Å². The third-order valence-corrected chi connectivity index (χ3v) is 3.92. The van der Waals surface area contributed by atoms with E-state index in [-0.39, 0.29) is 11.9 Å². The highest BCUT2D eigenvalue weighted by Crippen LogP contribution is 2.26. The summed E-state index contributed by atoms with van der Waals surface area (Å²) in [4.78, 5) is 19.0. The number of amides is 1. The van der Waals surface area contributed by atoms with Gasteiger partial charge in [-0.15, -0.1) is 0 Å². The van der Waals surface area contributed by atoms with Gasteiger partial charge in [0, 0.05) is 13.5 Å². The Labute approximate surface area is 130 Å². The van der Waals surface area contributed by atoms with Gasteiger partial charge in [-0.1, -0.05) is 42.5 Å². The van der Waals surface area contributed by atoms with Gasteiger partial charge in [0.2, 0.25) is 5.90 Å². The molecule has 1 aliphatic rings. The Balaban J connectivity index is 2.02. The van der Waals surface area contributed by atoms with Gasteiger partial charge in [-0.3, -0.25) is 4.79 Å². The second-order valence-electron chi connectivity index (χ2n) is 5.29. The van der Waals surface area contributed by atoms with Crippen LogP contribution in [0.4, 0.5) is 5.69 Å². The van der Waals surface area contributed by atoms with E-state index in [9.17, 15) is 4.79 Å². The number of hydrogen-bond acceptors (Lipinski definition) is 3. The number of para-hydroxylation sites is 1. The number of carbonyl (C=O) groups excluding carboxylic acids is 1. The number of aliphatic imine (C=N–C) groups is 1. The van der Waals surface area contributed by atoms with Crippen LogP contribution in [0.1, 0.15) is 15.9 Å². The highest BCUT2D eigenvalue weighted by Gasteiger charge is 2.31. The van der Waals surface area contributed by atoms with Crippen molar-refractivity contribution in [3.63, 3.8) is 0 Å². The first-order valence-corrected chi connectivity index (χ1v) is 7.23. The topological polar surface area (TPSA) is 41.9 Å². The van der Waals surface area contributed by atoms with Crippen molar-refractivity contribution in [2.75, 3.05) is 14.2 Å². The third kappa shape index (κ3) is 2.60. The Hall–Kier alpha value is -2.62. The maximum absolute atomic E-state index is 12.7. The summed E-state index contributed by atoms with van der Waals surface area (Å²) in [6.45, 7) is 0. The molecule has 1 heterocycles. The van der Waals surface area contributed by atoms with Crippen molar-refractivity contribution in [3.8, 4) is 0 Å². The largest absolute Gasteiger partial charge is 0.483 e. The minimum atomic E-state index is -0.215. The molecule has 0 bridgehead atoms. The Morgan fingerprint density at radius 2 is 1.77 bits per heavy atom. The number of likely N-dealkylation sites (N-methyl/N-ethyl adjacent to an activating group) is 1. The third-order valence-electron chi connectivity index (χ3n) is 3.92. The zero-order chi connectivity index (χ0) is 15.5. The maximum atomic E-state index is 12.7. The maximum Gasteiger partial charge on any atom is 0.256 e. The van der Waals surface area contributed by atoms with Gasteiger partial charge in [-0.05, 0) is 17.7 Å². The number of benzene rings is 2. The molecule has 4 nitrogen and oxygen atoms in total. The van der Waals surface area contributed by atoms with E-state index in [0.717, 1.165) is 5.56 Å². The number of hydrogen-bond donors (Lipinski definition) is 0. The van der Waals surface area contributed by atoms with E-state index in [1.807, 2.05) is 48.5 Å². The lowest BCUT2D eigenvalue weighted by Gasteiger charge is -2.26. The van der Waals surface area contributed by atoms with Crippen molar-refractivity contribution in [3.05, 3.63) is 65.7 Å². The monoisotopic (exact) mass is 294 g/mol. The second kappa shape index (κ2) is 6.02. The smallest absolute Gasteiger partial charge is 0.256 e. The van der Waals surface area contributed by atoms with Crippen LogP contribution in [0.25, 0.3) is 0 Å². The molecule has 0 fully saturated rings. The van der Waals surface area contributed by atoms with Crippen LogP contribution in [0.3, 0.4) is 0 Å². The first kappa shape index (κ1) is 14.3. The molecule has 3 rings (SSSR count). The zero-order valence-electron chi connectivity index (χ0n) is 12.7. The summed E-state index contributed by atoms with van der Waals surface area (Å²) in [6, 6.07) is 17.2. The van der Waals surface area contributed by atoms with E-state index >= 15 is 0 Å². The molecule has 22 heavy (non-hydrogen) atoms. The molecule has 0 aliphatic carbocycles. The van der Waals surface area contributed by atoms with Gasteiger partial charge in [0.25, 0.3) is 5.91 Å².